The fourth-order valence-electron chi connectivity index (χ4n) is 1.78. The maximum Gasteiger partial charge on any atom is 0.337 e. The van der Waals surface area contributed by atoms with E-state index in [-0.39, 0.29) is 17.6 Å². The molecule has 1 heterocycles. The van der Waals surface area contributed by atoms with Crippen LogP contribution in [-0.2, 0) is 0 Å². The Kier molecular flexibility index (Phi) is 5.29. The Morgan fingerprint density at radius 1 is 1.32 bits per heavy atom. The van der Waals surface area contributed by atoms with E-state index in [1.807, 2.05) is 6.92 Å². The number of hydrogen-bond acceptors (Lipinski definition) is 3. The molecule has 1 rings (SSSR count). The van der Waals surface area contributed by atoms with Crippen LogP contribution in [0.15, 0.2) is 18.5 Å². The van der Waals surface area contributed by atoms with Crippen molar-refractivity contribution in [3.05, 3.63) is 24.0 Å². The van der Waals surface area contributed by atoms with Crippen molar-refractivity contribution in [3.63, 3.8) is 0 Å². The number of hydrogen-bond donors (Lipinski definition) is 3. The standard InChI is InChI=1S/C13H19N3O3/c1-8(2)4-9(3)15-13(19)16-11-5-10(12(17)18)6-14-7-11/h5-9H,4H2,1-3H3,(H,17,18)(H2,15,16,19). The van der Waals surface area contributed by atoms with Crippen molar-refractivity contribution in [2.45, 2.75) is 33.2 Å². The van der Waals surface area contributed by atoms with Gasteiger partial charge in [-0.15, -0.1) is 0 Å². The third-order valence-corrected chi connectivity index (χ3v) is 2.45. The number of carbonyl (C=O) groups excluding carboxylic acids is 1. The van der Waals surface area contributed by atoms with Crippen LogP contribution in [0, 0.1) is 5.92 Å². The molecule has 0 radical (unpaired) electrons. The van der Waals surface area contributed by atoms with Gasteiger partial charge in [-0.3, -0.25) is 4.98 Å². The van der Waals surface area contributed by atoms with Crippen LogP contribution in [0.2, 0.25) is 0 Å². The van der Waals surface area contributed by atoms with Gasteiger partial charge in [-0.2, -0.15) is 0 Å². The number of amides is 2. The minimum Gasteiger partial charge on any atom is -0.478 e. The van der Waals surface area contributed by atoms with Crippen LogP contribution in [0.5, 0.6) is 0 Å². The van der Waals surface area contributed by atoms with Gasteiger partial charge in [0.1, 0.15) is 0 Å². The molecular weight excluding hydrogens is 246 g/mol. The number of carboxylic acids is 1. The predicted molar refractivity (Wildman–Crippen MR) is 72.3 cm³/mol. The lowest BCUT2D eigenvalue weighted by Gasteiger charge is -2.16. The number of carbonyl (C=O) groups is 2. The van der Waals surface area contributed by atoms with Crippen molar-refractivity contribution in [1.82, 2.24) is 10.3 Å². The number of pyridine rings is 1. The minimum atomic E-state index is -1.08. The number of rotatable bonds is 5. The van der Waals surface area contributed by atoms with Gasteiger partial charge in [-0.25, -0.2) is 9.59 Å². The maximum atomic E-state index is 11.7. The Morgan fingerprint density at radius 3 is 2.58 bits per heavy atom. The largest absolute Gasteiger partial charge is 0.478 e. The monoisotopic (exact) mass is 265 g/mol. The fraction of sp³-hybridized carbons (Fsp3) is 0.462. The van der Waals surface area contributed by atoms with Gasteiger partial charge in [0, 0.05) is 12.2 Å². The molecule has 0 saturated carbocycles. The second-order valence-electron chi connectivity index (χ2n) is 4.90. The van der Waals surface area contributed by atoms with E-state index in [4.69, 9.17) is 5.11 Å². The number of nitrogens with zero attached hydrogens (tertiary/aromatic N) is 1. The lowest BCUT2D eigenvalue weighted by molar-refractivity contribution is 0.0696. The van der Waals surface area contributed by atoms with Crippen molar-refractivity contribution in [2.75, 3.05) is 5.32 Å². The van der Waals surface area contributed by atoms with E-state index in [1.165, 1.54) is 18.5 Å². The number of nitrogens with one attached hydrogen (secondary N) is 2. The lowest BCUT2D eigenvalue weighted by Crippen LogP contribution is -2.36. The highest BCUT2D eigenvalue weighted by Gasteiger charge is 2.10. The summed E-state index contributed by atoms with van der Waals surface area (Å²) in [5.74, 6) is -0.586. The molecule has 1 unspecified atom stereocenters. The molecule has 0 aliphatic rings. The third kappa shape index (κ3) is 5.37. The van der Waals surface area contributed by atoms with Crippen molar-refractivity contribution >= 4 is 17.7 Å². The van der Waals surface area contributed by atoms with Crippen molar-refractivity contribution in [2.24, 2.45) is 5.92 Å². The summed E-state index contributed by atoms with van der Waals surface area (Å²) in [6.45, 7) is 6.08. The summed E-state index contributed by atoms with van der Waals surface area (Å²) < 4.78 is 0. The molecule has 6 heteroatoms. The summed E-state index contributed by atoms with van der Waals surface area (Å²) in [4.78, 5) is 26.2. The fourth-order valence-corrected chi connectivity index (χ4v) is 1.78. The van der Waals surface area contributed by atoms with Crippen LogP contribution in [0.1, 0.15) is 37.6 Å². The molecule has 1 atom stereocenters. The van der Waals surface area contributed by atoms with Crippen LogP contribution >= 0.6 is 0 Å². The molecule has 1 aromatic rings. The minimum absolute atomic E-state index is 0.0352. The van der Waals surface area contributed by atoms with Gasteiger partial charge >= 0.3 is 12.0 Å². The van der Waals surface area contributed by atoms with Gasteiger partial charge in [-0.1, -0.05) is 13.8 Å². The van der Waals surface area contributed by atoms with E-state index >= 15 is 0 Å². The molecule has 0 aliphatic heterocycles. The SMILES string of the molecule is CC(C)CC(C)NC(=O)Nc1cncc(C(=O)O)c1. The summed E-state index contributed by atoms with van der Waals surface area (Å²) in [5.41, 5.74) is 0.391. The molecule has 6 nitrogen and oxygen atoms in total. The van der Waals surface area contributed by atoms with Crippen LogP contribution in [0.25, 0.3) is 0 Å². The predicted octanol–water partition coefficient (Wildman–Crippen LogP) is 2.34. The lowest BCUT2D eigenvalue weighted by atomic mass is 10.1. The summed E-state index contributed by atoms with van der Waals surface area (Å²) in [7, 11) is 0. The zero-order valence-electron chi connectivity index (χ0n) is 11.3. The van der Waals surface area contributed by atoms with Gasteiger partial charge in [0.2, 0.25) is 0 Å². The number of urea groups is 1. The summed E-state index contributed by atoms with van der Waals surface area (Å²) in [5, 5.41) is 14.2. The first-order chi connectivity index (χ1) is 8.88. The summed E-state index contributed by atoms with van der Waals surface area (Å²) in [6.07, 6.45) is 3.51. The van der Waals surface area contributed by atoms with Crippen molar-refractivity contribution in [1.29, 1.82) is 0 Å². The van der Waals surface area contributed by atoms with E-state index in [1.54, 1.807) is 0 Å². The molecule has 0 saturated heterocycles. The Labute approximate surface area is 112 Å². The smallest absolute Gasteiger partial charge is 0.337 e. The zero-order chi connectivity index (χ0) is 14.4. The average Bonchev–Trinajstić information content (AvgIpc) is 2.27. The number of aromatic nitrogens is 1. The molecular formula is C13H19N3O3. The molecule has 19 heavy (non-hydrogen) atoms. The molecule has 0 spiro atoms. The second kappa shape index (κ2) is 6.72. The Bertz CT molecular complexity index is 460. The summed E-state index contributed by atoms with van der Waals surface area (Å²) >= 11 is 0. The highest BCUT2D eigenvalue weighted by molar-refractivity contribution is 5.92. The second-order valence-corrected chi connectivity index (χ2v) is 4.90. The highest BCUT2D eigenvalue weighted by Crippen LogP contribution is 2.09. The number of anilines is 1. The Hall–Kier alpha value is -2.11. The van der Waals surface area contributed by atoms with Crippen molar-refractivity contribution in [3.8, 4) is 0 Å². The molecule has 0 fully saturated rings. The van der Waals surface area contributed by atoms with Gasteiger partial charge in [0.25, 0.3) is 0 Å². The van der Waals surface area contributed by atoms with E-state index in [0.717, 1.165) is 6.42 Å². The molecule has 1 aromatic heterocycles. The van der Waals surface area contributed by atoms with Crippen molar-refractivity contribution < 1.29 is 14.7 Å². The van der Waals surface area contributed by atoms with E-state index in [0.29, 0.717) is 11.6 Å². The molecule has 0 aliphatic carbocycles. The van der Waals surface area contributed by atoms with E-state index in [2.05, 4.69) is 29.5 Å². The van der Waals surface area contributed by atoms with Gasteiger partial charge in [0.05, 0.1) is 17.4 Å². The first-order valence-corrected chi connectivity index (χ1v) is 6.14. The summed E-state index contributed by atoms with van der Waals surface area (Å²) in [6, 6.07) is 1.05. The third-order valence-electron chi connectivity index (χ3n) is 2.45. The molecule has 0 bridgehead atoms. The van der Waals surface area contributed by atoms with Gasteiger partial charge < -0.3 is 15.7 Å². The molecule has 3 N–H and O–H groups in total. The van der Waals surface area contributed by atoms with Gasteiger partial charge in [-0.05, 0) is 25.3 Å². The number of aromatic carboxylic acids is 1. The van der Waals surface area contributed by atoms with E-state index in [9.17, 15) is 9.59 Å². The van der Waals surface area contributed by atoms with Crippen LogP contribution in [0.4, 0.5) is 10.5 Å². The van der Waals surface area contributed by atoms with Crippen LogP contribution in [-0.4, -0.2) is 28.1 Å². The average molecular weight is 265 g/mol. The number of carboxylic acid groups (broad SMARTS) is 1. The Morgan fingerprint density at radius 2 is 2.00 bits per heavy atom. The quantitative estimate of drug-likeness (QED) is 0.762. The van der Waals surface area contributed by atoms with E-state index < -0.39 is 5.97 Å². The maximum absolute atomic E-state index is 11.7. The van der Waals surface area contributed by atoms with Gasteiger partial charge in [0.15, 0.2) is 0 Å². The Balaban J connectivity index is 2.57. The molecule has 2 amide bonds. The first-order valence-electron chi connectivity index (χ1n) is 6.14. The van der Waals surface area contributed by atoms with Crippen LogP contribution in [0.3, 0.4) is 0 Å². The molecule has 0 aromatic carbocycles. The first kappa shape index (κ1) is 14.9. The topological polar surface area (TPSA) is 91.3 Å². The molecule has 104 valence electrons. The normalized spacial score (nSPS) is 12.0. The zero-order valence-corrected chi connectivity index (χ0v) is 11.3. The highest BCUT2D eigenvalue weighted by atomic mass is 16.4. The van der Waals surface area contributed by atoms with Crippen LogP contribution < -0.4 is 10.6 Å².